The van der Waals surface area contributed by atoms with Crippen molar-refractivity contribution in [1.82, 2.24) is 0 Å². The molecule has 0 aliphatic carbocycles. The van der Waals surface area contributed by atoms with Gasteiger partial charge < -0.3 is 4.74 Å². The Morgan fingerprint density at radius 2 is 1.60 bits per heavy atom. The summed E-state index contributed by atoms with van der Waals surface area (Å²) in [6.07, 6.45) is 0. The highest BCUT2D eigenvalue weighted by molar-refractivity contribution is 5.98. The van der Waals surface area contributed by atoms with Crippen LogP contribution in [0.2, 0.25) is 0 Å². The van der Waals surface area contributed by atoms with Crippen molar-refractivity contribution in [3.05, 3.63) is 64.2 Å². The minimum atomic E-state index is 0.0180. The zero-order valence-electron chi connectivity index (χ0n) is 12.5. The molecular formula is C18H20O2. The van der Waals surface area contributed by atoms with Crippen LogP contribution in [0.5, 0.6) is 5.75 Å². The zero-order valence-corrected chi connectivity index (χ0v) is 12.5. The van der Waals surface area contributed by atoms with Gasteiger partial charge in [0.25, 0.3) is 0 Å². The summed E-state index contributed by atoms with van der Waals surface area (Å²) in [7, 11) is 0. The molecule has 0 aromatic heterocycles. The lowest BCUT2D eigenvalue weighted by Crippen LogP contribution is -2.13. The van der Waals surface area contributed by atoms with Gasteiger partial charge >= 0.3 is 0 Å². The Balaban J connectivity index is 2.08. The Kier molecular flexibility index (Phi) is 4.23. The number of hydrogen-bond acceptors (Lipinski definition) is 2. The van der Waals surface area contributed by atoms with E-state index in [1.165, 1.54) is 11.1 Å². The summed E-state index contributed by atoms with van der Waals surface area (Å²) in [5, 5.41) is 0. The van der Waals surface area contributed by atoms with E-state index in [-0.39, 0.29) is 12.4 Å². The molecule has 0 radical (unpaired) electrons. The molecule has 0 unspecified atom stereocenters. The summed E-state index contributed by atoms with van der Waals surface area (Å²) in [4.78, 5) is 12.2. The first kappa shape index (κ1) is 14.3. The number of ether oxygens (including phenoxy) is 1. The van der Waals surface area contributed by atoms with Crippen molar-refractivity contribution in [2.75, 3.05) is 6.61 Å². The molecule has 2 aromatic carbocycles. The summed E-state index contributed by atoms with van der Waals surface area (Å²) in [5.41, 5.74) is 5.21. The van der Waals surface area contributed by atoms with Crippen LogP contribution >= 0.6 is 0 Å². The van der Waals surface area contributed by atoms with Crippen molar-refractivity contribution in [1.29, 1.82) is 0 Å². The smallest absolute Gasteiger partial charge is 0.200 e. The van der Waals surface area contributed by atoms with Gasteiger partial charge in [-0.25, -0.2) is 0 Å². The average Bonchev–Trinajstić information content (AvgIpc) is 2.42. The molecule has 0 saturated carbocycles. The maximum atomic E-state index is 12.2. The van der Waals surface area contributed by atoms with Crippen molar-refractivity contribution in [2.24, 2.45) is 0 Å². The molecule has 0 aliphatic rings. The van der Waals surface area contributed by atoms with Crippen molar-refractivity contribution >= 4 is 5.78 Å². The van der Waals surface area contributed by atoms with Gasteiger partial charge in [0.2, 0.25) is 0 Å². The lowest BCUT2D eigenvalue weighted by Gasteiger charge is -2.09. The van der Waals surface area contributed by atoms with Crippen molar-refractivity contribution < 1.29 is 9.53 Å². The van der Waals surface area contributed by atoms with Crippen LogP contribution in [0.25, 0.3) is 0 Å². The third-order valence-corrected chi connectivity index (χ3v) is 3.54. The number of carbonyl (C=O) groups is 1. The predicted octanol–water partition coefficient (Wildman–Crippen LogP) is 4.18. The van der Waals surface area contributed by atoms with E-state index < -0.39 is 0 Å². The number of Topliss-reactive ketones (excluding diaryl/α,β-unsaturated/α-hetero) is 1. The van der Waals surface area contributed by atoms with Crippen LogP contribution in [0.3, 0.4) is 0 Å². The first-order valence-electron chi connectivity index (χ1n) is 6.78. The fourth-order valence-corrected chi connectivity index (χ4v) is 2.07. The lowest BCUT2D eigenvalue weighted by molar-refractivity contribution is 0.0921. The number of ketones is 1. The largest absolute Gasteiger partial charge is 0.485 e. The molecule has 0 fully saturated rings. The summed E-state index contributed by atoms with van der Waals surface area (Å²) < 4.78 is 5.60. The fourth-order valence-electron chi connectivity index (χ4n) is 2.07. The minimum Gasteiger partial charge on any atom is -0.485 e. The number of carbonyl (C=O) groups excluding carboxylic acids is 1. The number of benzene rings is 2. The molecular weight excluding hydrogens is 248 g/mol. The summed E-state index contributed by atoms with van der Waals surface area (Å²) >= 11 is 0. The number of hydrogen-bond donors (Lipinski definition) is 0. The van der Waals surface area contributed by atoms with E-state index in [1.54, 1.807) is 0 Å². The van der Waals surface area contributed by atoms with Gasteiger partial charge in [-0.3, -0.25) is 4.79 Å². The van der Waals surface area contributed by atoms with Crippen molar-refractivity contribution in [3.8, 4) is 5.75 Å². The van der Waals surface area contributed by atoms with E-state index in [1.807, 2.05) is 57.2 Å². The van der Waals surface area contributed by atoms with Crippen LogP contribution in [-0.2, 0) is 0 Å². The second kappa shape index (κ2) is 5.91. The van der Waals surface area contributed by atoms with Crippen LogP contribution in [0.4, 0.5) is 0 Å². The second-order valence-corrected chi connectivity index (χ2v) is 5.28. The molecule has 2 heteroatoms. The summed E-state index contributed by atoms with van der Waals surface area (Å²) in [6, 6.07) is 11.8. The highest BCUT2D eigenvalue weighted by Crippen LogP contribution is 2.17. The second-order valence-electron chi connectivity index (χ2n) is 5.28. The molecule has 2 rings (SSSR count). The van der Waals surface area contributed by atoms with E-state index in [0.717, 1.165) is 22.4 Å². The fraction of sp³-hybridized carbons (Fsp3) is 0.278. The lowest BCUT2D eigenvalue weighted by atomic mass is 10.0. The molecule has 0 atom stereocenters. The molecule has 0 amide bonds. The van der Waals surface area contributed by atoms with E-state index in [4.69, 9.17) is 4.74 Å². The summed E-state index contributed by atoms with van der Waals surface area (Å²) in [5.74, 6) is 0.760. The van der Waals surface area contributed by atoms with Gasteiger partial charge in [-0.05, 0) is 62.6 Å². The molecule has 2 nitrogen and oxygen atoms in total. The molecule has 0 saturated heterocycles. The molecule has 0 aliphatic heterocycles. The Morgan fingerprint density at radius 1 is 0.900 bits per heavy atom. The topological polar surface area (TPSA) is 26.3 Å². The molecule has 0 N–H and O–H groups in total. The van der Waals surface area contributed by atoms with E-state index in [2.05, 4.69) is 6.92 Å². The zero-order chi connectivity index (χ0) is 14.7. The number of rotatable bonds is 4. The Hall–Kier alpha value is -2.09. The van der Waals surface area contributed by atoms with Crippen LogP contribution in [0.15, 0.2) is 36.4 Å². The van der Waals surface area contributed by atoms with Crippen molar-refractivity contribution in [3.63, 3.8) is 0 Å². The Bertz CT molecular complexity index is 642. The summed E-state index contributed by atoms with van der Waals surface area (Å²) in [6.45, 7) is 8.10. The van der Waals surface area contributed by atoms with Gasteiger partial charge in [0.1, 0.15) is 5.75 Å². The van der Waals surface area contributed by atoms with Crippen LogP contribution in [-0.4, -0.2) is 12.4 Å². The van der Waals surface area contributed by atoms with Gasteiger partial charge in [-0.15, -0.1) is 0 Å². The Morgan fingerprint density at radius 3 is 2.30 bits per heavy atom. The monoisotopic (exact) mass is 268 g/mol. The average molecular weight is 268 g/mol. The van der Waals surface area contributed by atoms with Crippen LogP contribution < -0.4 is 4.74 Å². The highest BCUT2D eigenvalue weighted by atomic mass is 16.5. The van der Waals surface area contributed by atoms with E-state index in [0.29, 0.717) is 0 Å². The van der Waals surface area contributed by atoms with Crippen molar-refractivity contribution in [2.45, 2.75) is 27.7 Å². The molecule has 104 valence electrons. The van der Waals surface area contributed by atoms with Gasteiger partial charge in [0.05, 0.1) is 0 Å². The first-order valence-corrected chi connectivity index (χ1v) is 6.78. The molecule has 0 spiro atoms. The normalized spacial score (nSPS) is 10.4. The number of aryl methyl sites for hydroxylation is 4. The van der Waals surface area contributed by atoms with Crippen LogP contribution in [0.1, 0.15) is 32.6 Å². The van der Waals surface area contributed by atoms with E-state index in [9.17, 15) is 4.79 Å². The van der Waals surface area contributed by atoms with Gasteiger partial charge in [-0.2, -0.15) is 0 Å². The maximum Gasteiger partial charge on any atom is 0.200 e. The molecule has 0 heterocycles. The molecule has 0 bridgehead atoms. The standard InChI is InChI=1S/C18H20O2/c1-12-5-6-14(3)17(9-12)18(19)11-20-16-8-7-13(2)15(4)10-16/h5-10H,11H2,1-4H3. The van der Waals surface area contributed by atoms with Gasteiger partial charge in [0, 0.05) is 5.56 Å². The molecule has 2 aromatic rings. The Labute approximate surface area is 120 Å². The highest BCUT2D eigenvalue weighted by Gasteiger charge is 2.10. The van der Waals surface area contributed by atoms with E-state index >= 15 is 0 Å². The van der Waals surface area contributed by atoms with Gasteiger partial charge in [0.15, 0.2) is 12.4 Å². The quantitative estimate of drug-likeness (QED) is 0.777. The molecule has 20 heavy (non-hydrogen) atoms. The third kappa shape index (κ3) is 3.27. The maximum absolute atomic E-state index is 12.2. The van der Waals surface area contributed by atoms with Crippen LogP contribution in [0, 0.1) is 27.7 Å². The van der Waals surface area contributed by atoms with Gasteiger partial charge in [-0.1, -0.05) is 23.8 Å². The predicted molar refractivity (Wildman–Crippen MR) is 81.7 cm³/mol. The third-order valence-electron chi connectivity index (χ3n) is 3.54. The minimum absolute atomic E-state index is 0.0180. The first-order chi connectivity index (χ1) is 9.47. The SMILES string of the molecule is Cc1ccc(C)c(C(=O)COc2ccc(C)c(C)c2)c1.